The SMILES string of the molecule is CCC(CCCCCCCC(CCCCCCC(=O)[O-])OCc1ccccc1)OC(C)=O.CCC(CCCCCCCC(CCCCCCC(=O)[O-])OCc1ccccc1)OC(C)=O.[Ba+2]. The molecule has 364 valence electrons. The molecule has 0 aliphatic rings. The Morgan fingerprint density at radius 1 is 0.415 bits per heavy atom. The number of benzene rings is 2. The van der Waals surface area contributed by atoms with Crippen molar-refractivity contribution in [2.75, 3.05) is 0 Å². The van der Waals surface area contributed by atoms with Gasteiger partial charge in [0.05, 0.1) is 25.4 Å². The minimum atomic E-state index is -0.953. The Bertz CT molecular complexity index is 1320. The second kappa shape index (κ2) is 44.3. The topological polar surface area (TPSA) is 151 Å². The number of hydrogen-bond acceptors (Lipinski definition) is 10. The summed E-state index contributed by atoms with van der Waals surface area (Å²) < 4.78 is 23.1. The van der Waals surface area contributed by atoms with Gasteiger partial charge in [0.1, 0.15) is 12.2 Å². The minimum absolute atomic E-state index is 0. The van der Waals surface area contributed by atoms with E-state index in [0.717, 1.165) is 116 Å². The fourth-order valence-electron chi connectivity index (χ4n) is 7.90. The molecule has 0 aliphatic carbocycles. The van der Waals surface area contributed by atoms with Crippen LogP contribution in [0.2, 0.25) is 0 Å². The van der Waals surface area contributed by atoms with Crippen LogP contribution < -0.4 is 10.2 Å². The largest absolute Gasteiger partial charge is 2.00 e. The van der Waals surface area contributed by atoms with Crippen LogP contribution >= 0.6 is 0 Å². The Balaban J connectivity index is 0.00000124. The maximum atomic E-state index is 11.1. The summed E-state index contributed by atoms with van der Waals surface area (Å²) in [5.74, 6) is -2.27. The summed E-state index contributed by atoms with van der Waals surface area (Å²) in [5, 5.41) is 21.0. The second-order valence-electron chi connectivity index (χ2n) is 17.5. The molecule has 0 heterocycles. The van der Waals surface area contributed by atoms with E-state index in [1.54, 1.807) is 0 Å². The fraction of sp³-hybridized carbons (Fsp3) is 0.704. The van der Waals surface area contributed by atoms with E-state index >= 15 is 0 Å². The molecule has 11 heteroatoms. The number of carboxylic acid groups (broad SMARTS) is 2. The van der Waals surface area contributed by atoms with Gasteiger partial charge in [-0.15, -0.1) is 0 Å². The first-order valence-electron chi connectivity index (χ1n) is 25.1. The van der Waals surface area contributed by atoms with E-state index in [1.807, 2.05) is 36.4 Å². The maximum Gasteiger partial charge on any atom is 2.00 e. The molecule has 0 radical (unpaired) electrons. The third-order valence-corrected chi connectivity index (χ3v) is 11.7. The molecule has 2 rings (SSSR count). The van der Waals surface area contributed by atoms with E-state index < -0.39 is 11.9 Å². The Hall–Kier alpha value is -2.19. The van der Waals surface area contributed by atoms with Gasteiger partial charge in [-0.3, -0.25) is 9.59 Å². The van der Waals surface area contributed by atoms with Crippen LogP contribution in [0.5, 0.6) is 0 Å². The number of ether oxygens (including phenoxy) is 4. The van der Waals surface area contributed by atoms with Crippen LogP contribution in [0.4, 0.5) is 0 Å². The first-order valence-corrected chi connectivity index (χ1v) is 25.1. The Morgan fingerprint density at radius 2 is 0.677 bits per heavy atom. The van der Waals surface area contributed by atoms with Crippen molar-refractivity contribution < 1.29 is 48.3 Å². The average molecular weight is 1030 g/mol. The van der Waals surface area contributed by atoms with Crippen molar-refractivity contribution in [2.24, 2.45) is 0 Å². The summed E-state index contributed by atoms with van der Waals surface area (Å²) in [4.78, 5) is 43.2. The van der Waals surface area contributed by atoms with Crippen LogP contribution in [0.25, 0.3) is 0 Å². The van der Waals surface area contributed by atoms with Crippen LogP contribution in [0.15, 0.2) is 60.7 Å². The Morgan fingerprint density at radius 3 is 0.938 bits per heavy atom. The van der Waals surface area contributed by atoms with Gasteiger partial charge in [-0.2, -0.15) is 0 Å². The smallest absolute Gasteiger partial charge is 0.550 e. The first kappa shape index (κ1) is 62.8. The molecule has 0 N–H and O–H groups in total. The molecule has 2 aromatic rings. The number of carboxylic acids is 2. The van der Waals surface area contributed by atoms with Crippen LogP contribution in [0.3, 0.4) is 0 Å². The van der Waals surface area contributed by atoms with Crippen molar-refractivity contribution >= 4 is 72.8 Å². The quantitative estimate of drug-likeness (QED) is 0.0358. The number of rotatable bonds is 40. The third kappa shape index (κ3) is 40.6. The summed E-state index contributed by atoms with van der Waals surface area (Å²) in [6.45, 7) is 8.37. The molecular weight excluding hydrogens is 946 g/mol. The van der Waals surface area contributed by atoms with Gasteiger partial charge in [-0.1, -0.05) is 164 Å². The molecule has 4 atom stereocenters. The molecule has 4 unspecified atom stereocenters. The van der Waals surface area contributed by atoms with E-state index in [9.17, 15) is 29.4 Å². The van der Waals surface area contributed by atoms with Gasteiger partial charge < -0.3 is 38.7 Å². The first-order chi connectivity index (χ1) is 31.0. The van der Waals surface area contributed by atoms with Crippen molar-refractivity contribution in [3.8, 4) is 0 Å². The zero-order valence-electron chi connectivity index (χ0n) is 41.1. The molecule has 0 saturated carbocycles. The van der Waals surface area contributed by atoms with Crippen molar-refractivity contribution in [2.45, 2.75) is 245 Å². The van der Waals surface area contributed by atoms with E-state index in [1.165, 1.54) is 63.5 Å². The summed E-state index contributed by atoms with van der Waals surface area (Å²) in [6.07, 6.45) is 28.0. The summed E-state index contributed by atoms with van der Waals surface area (Å²) in [6, 6.07) is 20.6. The van der Waals surface area contributed by atoms with Crippen LogP contribution in [-0.4, -0.2) is 97.2 Å². The molecule has 2 aromatic carbocycles. The van der Waals surface area contributed by atoms with Crippen LogP contribution in [0.1, 0.15) is 219 Å². The van der Waals surface area contributed by atoms with E-state index in [-0.39, 0.29) is 98.1 Å². The van der Waals surface area contributed by atoms with Gasteiger partial charge in [0.25, 0.3) is 0 Å². The number of unbranched alkanes of at least 4 members (excludes halogenated alkanes) is 14. The predicted octanol–water partition coefficient (Wildman–Crippen LogP) is 11.1. The van der Waals surface area contributed by atoms with E-state index in [2.05, 4.69) is 38.1 Å². The third-order valence-electron chi connectivity index (χ3n) is 11.7. The van der Waals surface area contributed by atoms with Crippen molar-refractivity contribution in [1.29, 1.82) is 0 Å². The zero-order chi connectivity index (χ0) is 46.9. The summed E-state index contributed by atoms with van der Waals surface area (Å²) in [7, 11) is 0. The van der Waals surface area contributed by atoms with Crippen molar-refractivity contribution in [1.82, 2.24) is 0 Å². The number of carbonyl (C=O) groups excluding carboxylic acids is 4. The number of esters is 2. The Labute approximate surface area is 434 Å². The summed E-state index contributed by atoms with van der Waals surface area (Å²) in [5.41, 5.74) is 2.40. The molecule has 0 spiro atoms. The molecule has 0 aromatic heterocycles. The number of carbonyl (C=O) groups is 4. The van der Waals surface area contributed by atoms with Gasteiger partial charge in [0, 0.05) is 25.8 Å². The zero-order valence-corrected chi connectivity index (χ0v) is 45.5. The maximum absolute atomic E-state index is 11.1. The summed E-state index contributed by atoms with van der Waals surface area (Å²) >= 11 is 0. The van der Waals surface area contributed by atoms with Crippen LogP contribution in [-0.2, 0) is 51.3 Å². The molecule has 0 saturated heterocycles. The van der Waals surface area contributed by atoms with Gasteiger partial charge in [0.15, 0.2) is 0 Å². The molecule has 0 bridgehead atoms. The Kier molecular flexibility index (Phi) is 42.8. The van der Waals surface area contributed by atoms with E-state index in [4.69, 9.17) is 18.9 Å². The van der Waals surface area contributed by atoms with Gasteiger partial charge in [-0.05, 0) is 101 Å². The van der Waals surface area contributed by atoms with Gasteiger partial charge >= 0.3 is 60.8 Å². The number of hydrogen-bond donors (Lipinski definition) is 0. The minimum Gasteiger partial charge on any atom is -0.550 e. The molecule has 65 heavy (non-hydrogen) atoms. The molecule has 0 amide bonds. The average Bonchev–Trinajstić information content (AvgIpc) is 3.27. The van der Waals surface area contributed by atoms with Crippen LogP contribution in [0, 0.1) is 0 Å². The molecular formula is C54H86BaO10. The van der Waals surface area contributed by atoms with Crippen molar-refractivity contribution in [3.05, 3.63) is 71.8 Å². The molecule has 0 aliphatic heterocycles. The monoisotopic (exact) mass is 1030 g/mol. The number of aliphatic carboxylic acids is 2. The second-order valence-corrected chi connectivity index (χ2v) is 17.5. The predicted molar refractivity (Wildman–Crippen MR) is 258 cm³/mol. The fourth-order valence-corrected chi connectivity index (χ4v) is 7.90. The van der Waals surface area contributed by atoms with Gasteiger partial charge in [0.2, 0.25) is 0 Å². The van der Waals surface area contributed by atoms with Crippen molar-refractivity contribution in [3.63, 3.8) is 0 Å². The molecule has 0 fully saturated rings. The molecule has 10 nitrogen and oxygen atoms in total. The standard InChI is InChI=1S/2C27H44O5.Ba/c2*1-3-25(32-23(2)28)18-12-5-4-6-13-19-26(20-14-7-8-15-21-27(29)30)31-22-24-16-10-9-11-17-24;/h2*9-11,16-17,25-26H,3-8,12-15,18-22H2,1-2H3,(H,29,30);/q;;+2/p-2. The van der Waals surface area contributed by atoms with Gasteiger partial charge in [-0.25, -0.2) is 0 Å². The normalized spacial score (nSPS) is 12.7. The van der Waals surface area contributed by atoms with E-state index in [0.29, 0.717) is 26.1 Å².